The number of nitrogens with zero attached hydrogens (tertiary/aromatic N) is 2. The Balaban J connectivity index is 1.96. The van der Waals surface area contributed by atoms with Crippen LogP contribution in [0.5, 0.6) is 0 Å². The zero-order valence-corrected chi connectivity index (χ0v) is 20.9. The first-order valence-corrected chi connectivity index (χ1v) is 11.4. The Morgan fingerprint density at radius 2 is 2.00 bits per heavy atom. The van der Waals surface area contributed by atoms with Crippen LogP contribution < -0.4 is 0 Å². The van der Waals surface area contributed by atoms with Gasteiger partial charge < -0.3 is 9.64 Å². The monoisotopic (exact) mass is 492 g/mol. The fourth-order valence-corrected chi connectivity index (χ4v) is 4.31. The third kappa shape index (κ3) is 7.41. The van der Waals surface area contributed by atoms with Crippen molar-refractivity contribution in [1.29, 1.82) is 0 Å². The number of carbonyl (C=O) groups excluding carboxylic acids is 1. The average molecular weight is 493 g/mol. The molecular weight excluding hydrogens is 459 g/mol. The molecule has 2 rings (SSSR count). The molecule has 0 radical (unpaired) electrons. The predicted octanol–water partition coefficient (Wildman–Crippen LogP) is 5.44. The molecule has 0 N–H and O–H groups in total. The first kappa shape index (κ1) is 25.5. The van der Waals surface area contributed by atoms with Crippen molar-refractivity contribution in [1.82, 2.24) is 9.80 Å². The Hall–Kier alpha value is -1.76. The summed E-state index contributed by atoms with van der Waals surface area (Å²) in [7, 11) is 5.37. The van der Waals surface area contributed by atoms with E-state index >= 15 is 0 Å². The lowest BCUT2D eigenvalue weighted by atomic mass is 9.85. The maximum absolute atomic E-state index is 14.8. The van der Waals surface area contributed by atoms with Crippen molar-refractivity contribution in [2.45, 2.75) is 32.6 Å². The highest BCUT2D eigenvalue weighted by atomic mass is 79.9. The van der Waals surface area contributed by atoms with Crippen LogP contribution in [0.15, 0.2) is 46.5 Å². The van der Waals surface area contributed by atoms with Crippen molar-refractivity contribution >= 4 is 21.9 Å². The minimum Gasteiger partial charge on any atom is -0.465 e. The van der Waals surface area contributed by atoms with E-state index in [9.17, 15) is 9.18 Å². The number of halogens is 2. The molecule has 0 spiro atoms. The van der Waals surface area contributed by atoms with Gasteiger partial charge in [-0.25, -0.2) is 9.18 Å². The van der Waals surface area contributed by atoms with Gasteiger partial charge in [-0.05, 0) is 88.6 Å². The Kier molecular flexibility index (Phi) is 9.66. The van der Waals surface area contributed by atoms with Crippen molar-refractivity contribution in [3.63, 3.8) is 0 Å². The summed E-state index contributed by atoms with van der Waals surface area (Å²) in [6, 6.07) is 3.04. The van der Waals surface area contributed by atoms with Crippen LogP contribution in [0.4, 0.5) is 4.39 Å². The maximum atomic E-state index is 14.8. The highest BCUT2D eigenvalue weighted by Gasteiger charge is 2.25. The maximum Gasteiger partial charge on any atom is 0.337 e. The molecule has 0 aliphatic carbocycles. The van der Waals surface area contributed by atoms with Gasteiger partial charge >= 0.3 is 5.97 Å². The minimum atomic E-state index is -0.504. The van der Waals surface area contributed by atoms with Crippen molar-refractivity contribution in [2.75, 3.05) is 47.4 Å². The quantitative estimate of drug-likeness (QED) is 0.357. The number of piperidine rings is 1. The lowest BCUT2D eigenvalue weighted by molar-refractivity contribution is 0.0600. The summed E-state index contributed by atoms with van der Waals surface area (Å²) in [4.78, 5) is 16.2. The molecule has 4 nitrogen and oxygen atoms in total. The second-order valence-electron chi connectivity index (χ2n) is 8.56. The van der Waals surface area contributed by atoms with Gasteiger partial charge in [-0.1, -0.05) is 40.2 Å². The van der Waals surface area contributed by atoms with Crippen molar-refractivity contribution in [2.24, 2.45) is 0 Å². The lowest BCUT2D eigenvalue weighted by Gasteiger charge is -2.33. The van der Waals surface area contributed by atoms with E-state index in [1.807, 2.05) is 21.0 Å². The van der Waals surface area contributed by atoms with Gasteiger partial charge in [0, 0.05) is 17.6 Å². The molecule has 1 aromatic rings. The zero-order valence-electron chi connectivity index (χ0n) is 19.3. The van der Waals surface area contributed by atoms with E-state index in [0.717, 1.165) is 60.2 Å². The van der Waals surface area contributed by atoms with Crippen LogP contribution in [0.25, 0.3) is 0 Å². The fraction of sp³-hybridized carbons (Fsp3) is 0.480. The number of ether oxygens (including phenoxy) is 1. The number of esters is 1. The first-order chi connectivity index (χ1) is 14.6. The van der Waals surface area contributed by atoms with Gasteiger partial charge in [-0.15, -0.1) is 0 Å². The number of likely N-dealkylation sites (N-methyl/N-ethyl adjacent to an activating group) is 1. The number of allylic oxidation sites excluding steroid dienone is 3. The molecule has 0 bridgehead atoms. The van der Waals surface area contributed by atoms with Crippen LogP contribution in [0, 0.1) is 12.7 Å². The molecule has 0 atom stereocenters. The zero-order chi connectivity index (χ0) is 23.1. The molecule has 1 aliphatic heterocycles. The van der Waals surface area contributed by atoms with Gasteiger partial charge in [0.2, 0.25) is 0 Å². The Morgan fingerprint density at radius 1 is 1.35 bits per heavy atom. The smallest absolute Gasteiger partial charge is 0.337 e. The number of hydrogen-bond acceptors (Lipinski definition) is 4. The van der Waals surface area contributed by atoms with Crippen LogP contribution in [0.1, 0.15) is 47.2 Å². The largest absolute Gasteiger partial charge is 0.465 e. The van der Waals surface area contributed by atoms with Crippen LogP contribution in [-0.4, -0.2) is 63.2 Å². The van der Waals surface area contributed by atoms with Crippen molar-refractivity contribution in [3.8, 4) is 0 Å². The molecule has 1 aliphatic rings. The van der Waals surface area contributed by atoms with E-state index < -0.39 is 5.97 Å². The van der Waals surface area contributed by atoms with Gasteiger partial charge in [0.25, 0.3) is 0 Å². The van der Waals surface area contributed by atoms with Crippen molar-refractivity contribution in [3.05, 3.63) is 69.0 Å². The first-order valence-electron chi connectivity index (χ1n) is 10.6. The second-order valence-corrected chi connectivity index (χ2v) is 9.42. The molecule has 31 heavy (non-hydrogen) atoms. The standard InChI is InChI=1S/C25H34BrFN2O2/c1-17(13-18(2)22(26)9-10-28(4)5)16-29-11-7-20(8-12-29)24-19(3)14-21(15-23(24)27)25(30)31-6/h9,13-15,20H,2,7-8,10-12,16H2,1,3-6H3/b17-13+,22-9+. The third-order valence-electron chi connectivity index (χ3n) is 5.59. The highest BCUT2D eigenvalue weighted by molar-refractivity contribution is 9.12. The van der Waals surface area contributed by atoms with Gasteiger partial charge in [0.1, 0.15) is 5.82 Å². The normalized spacial score (nSPS) is 16.6. The fourth-order valence-electron chi connectivity index (χ4n) is 4.05. The van der Waals surface area contributed by atoms with Crippen LogP contribution in [0.2, 0.25) is 0 Å². The summed E-state index contributed by atoms with van der Waals surface area (Å²) in [5, 5.41) is 0. The van der Waals surface area contributed by atoms with E-state index in [1.165, 1.54) is 18.7 Å². The molecule has 1 fully saturated rings. The second kappa shape index (κ2) is 11.7. The number of hydrogen-bond donors (Lipinski definition) is 0. The molecule has 0 saturated carbocycles. The summed E-state index contributed by atoms with van der Waals surface area (Å²) in [5.74, 6) is -0.638. The summed E-state index contributed by atoms with van der Waals surface area (Å²) < 4.78 is 20.5. The topological polar surface area (TPSA) is 32.8 Å². The van der Waals surface area contributed by atoms with E-state index in [0.29, 0.717) is 0 Å². The average Bonchev–Trinajstić information content (AvgIpc) is 2.71. The van der Waals surface area contributed by atoms with Crippen LogP contribution in [0.3, 0.4) is 0 Å². The van der Waals surface area contributed by atoms with Gasteiger partial charge in [0.15, 0.2) is 0 Å². The van der Waals surface area contributed by atoms with E-state index in [1.54, 1.807) is 6.07 Å². The number of benzene rings is 1. The molecule has 1 heterocycles. The Bertz CT molecular complexity index is 845. The summed E-state index contributed by atoms with van der Waals surface area (Å²) in [5.41, 5.74) is 4.05. The SMILES string of the molecule is C=C(/C=C(\C)CN1CCC(c2c(C)cc(C(=O)OC)cc2F)CC1)/C(Br)=C\CN(C)C. The van der Waals surface area contributed by atoms with E-state index in [4.69, 9.17) is 4.74 Å². The Labute approximate surface area is 194 Å². The number of methoxy groups -OCH3 is 1. The molecular formula is C25H34BrFN2O2. The van der Waals surface area contributed by atoms with Gasteiger partial charge in [0.05, 0.1) is 12.7 Å². The number of aryl methyl sites for hydroxylation is 1. The highest BCUT2D eigenvalue weighted by Crippen LogP contribution is 2.33. The molecule has 170 valence electrons. The number of likely N-dealkylation sites (tertiary alicyclic amines) is 1. The van der Waals surface area contributed by atoms with E-state index in [-0.39, 0.29) is 17.3 Å². The molecule has 1 aromatic carbocycles. The van der Waals surface area contributed by atoms with Gasteiger partial charge in [-0.2, -0.15) is 0 Å². The van der Waals surface area contributed by atoms with Crippen molar-refractivity contribution < 1.29 is 13.9 Å². The molecule has 6 heteroatoms. The van der Waals surface area contributed by atoms with Crippen LogP contribution >= 0.6 is 15.9 Å². The summed E-state index contributed by atoms with van der Waals surface area (Å²) in [6.45, 7) is 11.7. The number of carbonyl (C=O) groups is 1. The molecule has 0 amide bonds. The van der Waals surface area contributed by atoms with E-state index in [2.05, 4.69) is 51.4 Å². The lowest BCUT2D eigenvalue weighted by Crippen LogP contribution is -2.34. The summed E-state index contributed by atoms with van der Waals surface area (Å²) >= 11 is 3.60. The predicted molar refractivity (Wildman–Crippen MR) is 129 cm³/mol. The Morgan fingerprint density at radius 3 is 2.55 bits per heavy atom. The number of rotatable bonds is 8. The van der Waals surface area contributed by atoms with Crippen LogP contribution in [-0.2, 0) is 4.74 Å². The third-order valence-corrected chi connectivity index (χ3v) is 6.42. The molecule has 0 unspecified atom stereocenters. The summed E-state index contributed by atoms with van der Waals surface area (Å²) in [6.07, 6.45) is 6.03. The molecule has 1 saturated heterocycles. The van der Waals surface area contributed by atoms with Gasteiger partial charge in [-0.3, -0.25) is 4.90 Å². The minimum absolute atomic E-state index is 0.172. The molecule has 0 aromatic heterocycles.